The van der Waals surface area contributed by atoms with Gasteiger partial charge in [-0.05, 0) is 43.5 Å². The Hall–Kier alpha value is -4.33. The van der Waals surface area contributed by atoms with Crippen LogP contribution in [0.2, 0.25) is 0 Å². The quantitative estimate of drug-likeness (QED) is 0.272. The highest BCUT2D eigenvalue weighted by atomic mass is 19.1. The molecule has 1 aliphatic carbocycles. The first-order chi connectivity index (χ1) is 22.5. The van der Waals surface area contributed by atoms with Gasteiger partial charge in [0.05, 0.1) is 18.4 Å². The smallest absolute Gasteiger partial charge is 0.270 e. The molecule has 1 aliphatic heterocycles. The number of piperazine rings is 1. The van der Waals surface area contributed by atoms with Crippen molar-refractivity contribution in [3.05, 3.63) is 47.3 Å². The Morgan fingerprint density at radius 1 is 1.00 bits per heavy atom. The monoisotopic (exact) mass is 654 g/mol. The van der Waals surface area contributed by atoms with E-state index in [1.165, 1.54) is 25.3 Å². The second kappa shape index (κ2) is 16.5. The third-order valence-electron chi connectivity index (χ3n) is 9.00. The first-order valence-electron chi connectivity index (χ1n) is 16.4. The van der Waals surface area contributed by atoms with Gasteiger partial charge in [0.25, 0.3) is 5.91 Å². The molecule has 2 heterocycles. The summed E-state index contributed by atoms with van der Waals surface area (Å²) < 4.78 is 17.0. The van der Waals surface area contributed by atoms with Crippen LogP contribution in [0.1, 0.15) is 74.2 Å². The number of halogens is 1. The topological polar surface area (TPSA) is 158 Å². The minimum absolute atomic E-state index is 0.0496. The highest BCUT2D eigenvalue weighted by molar-refractivity contribution is 6.00. The minimum atomic E-state index is -0.912. The van der Waals surface area contributed by atoms with Gasteiger partial charge in [0.1, 0.15) is 29.4 Å². The first kappa shape index (κ1) is 35.5. The van der Waals surface area contributed by atoms with Crippen molar-refractivity contribution < 1.29 is 28.4 Å². The zero-order chi connectivity index (χ0) is 34.1. The summed E-state index contributed by atoms with van der Waals surface area (Å²) in [7, 11) is 3.64. The van der Waals surface area contributed by atoms with E-state index in [2.05, 4.69) is 31.2 Å². The van der Waals surface area contributed by atoms with Crippen LogP contribution in [0.5, 0.6) is 0 Å². The molecule has 256 valence electrons. The van der Waals surface area contributed by atoms with Gasteiger partial charge in [-0.2, -0.15) is 0 Å². The molecule has 1 aromatic heterocycles. The van der Waals surface area contributed by atoms with E-state index >= 15 is 4.39 Å². The maximum atomic E-state index is 15.5. The molecule has 1 saturated carbocycles. The minimum Gasteiger partial charge on any atom is -0.349 e. The van der Waals surface area contributed by atoms with Gasteiger partial charge < -0.3 is 35.6 Å². The third-order valence-corrected chi connectivity index (χ3v) is 9.00. The van der Waals surface area contributed by atoms with Crippen LogP contribution in [-0.2, 0) is 39.2 Å². The average molecular weight is 655 g/mol. The summed E-state index contributed by atoms with van der Waals surface area (Å²) in [6.07, 6.45) is 6.06. The van der Waals surface area contributed by atoms with Crippen molar-refractivity contribution in [2.24, 2.45) is 13.0 Å². The molecule has 1 aromatic carbocycles. The van der Waals surface area contributed by atoms with Crippen molar-refractivity contribution in [2.75, 3.05) is 38.5 Å². The fraction of sp³-hybridized carbons (Fsp3) is 0.576. The van der Waals surface area contributed by atoms with E-state index in [1.807, 2.05) is 7.05 Å². The molecule has 14 heteroatoms. The van der Waals surface area contributed by atoms with Crippen molar-refractivity contribution >= 4 is 35.2 Å². The number of carbonyl (C=O) groups excluding carboxylic acids is 5. The lowest BCUT2D eigenvalue weighted by Crippen LogP contribution is -2.54. The summed E-state index contributed by atoms with van der Waals surface area (Å²) in [6, 6.07) is 2.57. The number of nitrogens with one attached hydrogen (secondary N) is 4. The number of anilines is 1. The highest BCUT2D eigenvalue weighted by Gasteiger charge is 2.33. The number of nitrogens with zero attached hydrogens (tertiary/aromatic N) is 4. The summed E-state index contributed by atoms with van der Waals surface area (Å²) in [5.74, 6) is -2.08. The second-order valence-corrected chi connectivity index (χ2v) is 12.5. The van der Waals surface area contributed by atoms with Gasteiger partial charge in [-0.25, -0.2) is 9.37 Å². The molecule has 2 atom stereocenters. The molecule has 47 heavy (non-hydrogen) atoms. The van der Waals surface area contributed by atoms with E-state index < -0.39 is 29.7 Å². The molecule has 1 saturated heterocycles. The van der Waals surface area contributed by atoms with Crippen LogP contribution >= 0.6 is 0 Å². The van der Waals surface area contributed by atoms with Gasteiger partial charge in [-0.1, -0.05) is 32.3 Å². The van der Waals surface area contributed by atoms with E-state index in [1.54, 1.807) is 29.5 Å². The second-order valence-electron chi connectivity index (χ2n) is 12.5. The van der Waals surface area contributed by atoms with Crippen molar-refractivity contribution in [1.82, 2.24) is 35.3 Å². The molecule has 0 bridgehead atoms. The number of likely N-dealkylation sites (N-methyl/N-ethyl adjacent to an activating group) is 1. The molecule has 2 aromatic rings. The fourth-order valence-electron chi connectivity index (χ4n) is 6.08. The molecule has 0 radical (unpaired) electrons. The Morgan fingerprint density at radius 2 is 1.70 bits per heavy atom. The zero-order valence-corrected chi connectivity index (χ0v) is 27.7. The Balaban J connectivity index is 1.47. The van der Waals surface area contributed by atoms with Crippen LogP contribution in [0, 0.1) is 11.7 Å². The summed E-state index contributed by atoms with van der Waals surface area (Å²) in [5.41, 5.74) is 0.671. The molecule has 4 N–H and O–H groups in total. The summed E-state index contributed by atoms with van der Waals surface area (Å²) in [6.45, 7) is 5.79. The summed E-state index contributed by atoms with van der Waals surface area (Å²) in [5, 5.41) is 11.0. The van der Waals surface area contributed by atoms with Gasteiger partial charge >= 0.3 is 0 Å². The Kier molecular flexibility index (Phi) is 12.5. The van der Waals surface area contributed by atoms with E-state index in [0.29, 0.717) is 24.5 Å². The van der Waals surface area contributed by atoms with Gasteiger partial charge in [-0.15, -0.1) is 0 Å². The lowest BCUT2D eigenvalue weighted by atomic mass is 9.83. The maximum Gasteiger partial charge on any atom is 0.270 e. The van der Waals surface area contributed by atoms with Crippen LogP contribution in [0.3, 0.4) is 0 Å². The molecule has 2 aliphatic rings. The van der Waals surface area contributed by atoms with Gasteiger partial charge in [0.2, 0.25) is 23.6 Å². The molecule has 2 fully saturated rings. The number of aromatic nitrogens is 2. The standard InChI is InChI=1S/C33H47FN8O5/c1-5-29(44)37-26(33(47)42-15-13-40(3)14-16-42)18-22-11-12-25(24(34)17-22)38-32(46)30(23-9-7-6-8-10-23)39-31(45)27-19-36-28(41(27)4)20-35-21(2)43/h11-12,17,19,23,26,30H,5-10,13-16,18,20H2,1-4H3,(H,35,43)(H,37,44)(H,38,46)(H,39,45)/t26-,30+/m1/s1. The van der Waals surface area contributed by atoms with E-state index in [4.69, 9.17) is 0 Å². The van der Waals surface area contributed by atoms with Crippen LogP contribution in [0.4, 0.5) is 10.1 Å². The molecule has 0 spiro atoms. The maximum absolute atomic E-state index is 15.5. The normalized spacial score (nSPS) is 17.0. The number of imidazole rings is 1. The number of rotatable bonds is 12. The highest BCUT2D eigenvalue weighted by Crippen LogP contribution is 2.28. The van der Waals surface area contributed by atoms with E-state index in [-0.39, 0.29) is 54.4 Å². The van der Waals surface area contributed by atoms with Crippen LogP contribution < -0.4 is 21.3 Å². The molecular weight excluding hydrogens is 607 g/mol. The number of hydrogen-bond acceptors (Lipinski definition) is 7. The lowest BCUT2D eigenvalue weighted by Gasteiger charge is -2.34. The largest absolute Gasteiger partial charge is 0.349 e. The van der Waals surface area contributed by atoms with Crippen molar-refractivity contribution in [2.45, 2.75) is 77.4 Å². The van der Waals surface area contributed by atoms with Crippen LogP contribution in [-0.4, -0.2) is 94.2 Å². The van der Waals surface area contributed by atoms with Crippen molar-refractivity contribution in [1.29, 1.82) is 0 Å². The predicted molar refractivity (Wildman–Crippen MR) is 174 cm³/mol. The van der Waals surface area contributed by atoms with Gasteiger partial charge in [0, 0.05) is 53.0 Å². The van der Waals surface area contributed by atoms with E-state index in [0.717, 1.165) is 45.2 Å². The number of hydrogen-bond donors (Lipinski definition) is 4. The number of amides is 5. The summed E-state index contributed by atoms with van der Waals surface area (Å²) in [4.78, 5) is 72.0. The predicted octanol–water partition coefficient (Wildman–Crippen LogP) is 1.72. The van der Waals surface area contributed by atoms with Gasteiger partial charge in [-0.3, -0.25) is 24.0 Å². The van der Waals surface area contributed by atoms with E-state index in [9.17, 15) is 24.0 Å². The van der Waals surface area contributed by atoms with Crippen LogP contribution in [0.15, 0.2) is 24.4 Å². The lowest BCUT2D eigenvalue weighted by molar-refractivity contribution is -0.137. The average Bonchev–Trinajstić information content (AvgIpc) is 3.43. The van der Waals surface area contributed by atoms with Crippen LogP contribution in [0.25, 0.3) is 0 Å². The first-order valence-corrected chi connectivity index (χ1v) is 16.4. The number of carbonyl (C=O) groups is 5. The molecule has 5 amide bonds. The Bertz CT molecular complexity index is 1450. The molecular formula is C33H47FN8O5. The Morgan fingerprint density at radius 3 is 2.34 bits per heavy atom. The molecule has 4 rings (SSSR count). The Labute approximate surface area is 275 Å². The number of benzene rings is 1. The third kappa shape index (κ3) is 9.60. The molecule has 13 nitrogen and oxygen atoms in total. The van der Waals surface area contributed by atoms with Crippen molar-refractivity contribution in [3.8, 4) is 0 Å². The summed E-state index contributed by atoms with van der Waals surface area (Å²) >= 11 is 0. The fourth-order valence-corrected chi connectivity index (χ4v) is 6.08. The van der Waals surface area contributed by atoms with Gasteiger partial charge in [0.15, 0.2) is 0 Å². The van der Waals surface area contributed by atoms with Crippen molar-refractivity contribution in [3.63, 3.8) is 0 Å². The zero-order valence-electron chi connectivity index (χ0n) is 27.7. The SMILES string of the molecule is CCC(=O)N[C@H](Cc1ccc(NC(=O)[C@@H](NC(=O)c2cnc(CNC(C)=O)n2C)C2CCCCC2)c(F)c1)C(=O)N1CCN(C)CC1. The molecule has 0 unspecified atom stereocenters.